The van der Waals surface area contributed by atoms with Gasteiger partial charge in [-0.25, -0.2) is 8.78 Å². The first-order valence-corrected chi connectivity index (χ1v) is 7.87. The van der Waals surface area contributed by atoms with Gasteiger partial charge in [-0.2, -0.15) is 0 Å². The highest BCUT2D eigenvalue weighted by atomic mass is 79.9. The summed E-state index contributed by atoms with van der Waals surface area (Å²) in [5.74, 6) is 0.236. The lowest BCUT2D eigenvalue weighted by Gasteiger charge is -2.15. The summed E-state index contributed by atoms with van der Waals surface area (Å²) in [4.78, 5) is 0. The Hall–Kier alpha value is -1.42. The highest BCUT2D eigenvalue weighted by Crippen LogP contribution is 2.21. The van der Waals surface area contributed by atoms with Crippen LogP contribution in [-0.2, 0) is 12.8 Å². The molecule has 0 bridgehead atoms. The Bertz CT molecular complexity index is 601. The van der Waals surface area contributed by atoms with Gasteiger partial charge in [0.2, 0.25) is 0 Å². The highest BCUT2D eigenvalue weighted by molar-refractivity contribution is 9.09. The van der Waals surface area contributed by atoms with E-state index in [0.29, 0.717) is 12.0 Å². The molecule has 0 aliphatic carbocycles. The number of alkyl halides is 1. The normalized spacial score (nSPS) is 12.2. The largest absolute Gasteiger partial charge is 0.497 e. The molecule has 0 spiro atoms. The highest BCUT2D eigenvalue weighted by Gasteiger charge is 2.13. The second-order valence-corrected chi connectivity index (χ2v) is 5.66. The number of hydrogen-bond donors (Lipinski definition) is 0. The number of benzene rings is 2. The molecule has 0 aliphatic rings. The molecule has 2 aromatic carbocycles. The Balaban J connectivity index is 2.10. The van der Waals surface area contributed by atoms with Gasteiger partial charge < -0.3 is 4.74 Å². The maximum absolute atomic E-state index is 13.7. The Morgan fingerprint density at radius 2 is 1.90 bits per heavy atom. The van der Waals surface area contributed by atoms with Gasteiger partial charge in [-0.3, -0.25) is 0 Å². The second kappa shape index (κ2) is 7.55. The number of rotatable bonds is 6. The van der Waals surface area contributed by atoms with Gasteiger partial charge in [0.15, 0.2) is 0 Å². The van der Waals surface area contributed by atoms with Crippen molar-refractivity contribution in [2.75, 3.05) is 12.4 Å². The lowest BCUT2D eigenvalue weighted by molar-refractivity contribution is 0.414. The predicted molar refractivity (Wildman–Crippen MR) is 84.0 cm³/mol. The Kier molecular flexibility index (Phi) is 5.74. The first-order chi connectivity index (χ1) is 10.1. The van der Waals surface area contributed by atoms with Crippen LogP contribution in [0.3, 0.4) is 0 Å². The predicted octanol–water partition coefficient (Wildman–Crippen LogP) is 4.77. The second-order valence-electron chi connectivity index (χ2n) is 5.02. The van der Waals surface area contributed by atoms with Crippen molar-refractivity contribution in [3.05, 3.63) is 65.2 Å². The van der Waals surface area contributed by atoms with Crippen molar-refractivity contribution in [1.29, 1.82) is 0 Å². The molecule has 0 fully saturated rings. The van der Waals surface area contributed by atoms with Crippen molar-refractivity contribution in [3.8, 4) is 5.75 Å². The fourth-order valence-corrected chi connectivity index (χ4v) is 2.78. The SMILES string of the molecule is COc1cccc(CC(CBr)Cc2cc(F)ccc2F)c1. The minimum Gasteiger partial charge on any atom is -0.497 e. The fourth-order valence-electron chi connectivity index (χ4n) is 2.32. The lowest BCUT2D eigenvalue weighted by atomic mass is 9.94. The molecule has 1 nitrogen and oxygen atoms in total. The zero-order valence-electron chi connectivity index (χ0n) is 11.8. The molecule has 2 aromatic rings. The maximum atomic E-state index is 13.7. The summed E-state index contributed by atoms with van der Waals surface area (Å²) in [6, 6.07) is 11.4. The van der Waals surface area contributed by atoms with Crippen molar-refractivity contribution in [2.24, 2.45) is 5.92 Å². The molecule has 1 atom stereocenters. The van der Waals surface area contributed by atoms with Crippen LogP contribution in [0, 0.1) is 17.6 Å². The van der Waals surface area contributed by atoms with Gasteiger partial charge in [-0.15, -0.1) is 0 Å². The quantitative estimate of drug-likeness (QED) is 0.679. The smallest absolute Gasteiger partial charge is 0.126 e. The van der Waals surface area contributed by atoms with E-state index in [-0.39, 0.29) is 11.7 Å². The Labute approximate surface area is 132 Å². The fraction of sp³-hybridized carbons (Fsp3) is 0.294. The first kappa shape index (κ1) is 16.0. The standard InChI is InChI=1S/C17H17BrF2O/c1-21-16-4-2-3-12(9-16)7-13(11-18)8-14-10-15(19)5-6-17(14)20/h2-6,9-10,13H,7-8,11H2,1H3. The molecule has 1 unspecified atom stereocenters. The number of methoxy groups -OCH3 is 1. The van der Waals surface area contributed by atoms with E-state index in [1.165, 1.54) is 12.1 Å². The lowest BCUT2D eigenvalue weighted by Crippen LogP contribution is -2.11. The van der Waals surface area contributed by atoms with Crippen molar-refractivity contribution in [3.63, 3.8) is 0 Å². The van der Waals surface area contributed by atoms with E-state index in [1.807, 2.05) is 24.3 Å². The molecule has 4 heteroatoms. The monoisotopic (exact) mass is 354 g/mol. The zero-order chi connectivity index (χ0) is 15.2. The number of halogens is 3. The minimum absolute atomic E-state index is 0.188. The van der Waals surface area contributed by atoms with Crippen molar-refractivity contribution >= 4 is 15.9 Å². The van der Waals surface area contributed by atoms with Gasteiger partial charge in [0.1, 0.15) is 17.4 Å². The summed E-state index contributed by atoms with van der Waals surface area (Å²) in [6.45, 7) is 0. The van der Waals surface area contributed by atoms with E-state index in [0.717, 1.165) is 29.1 Å². The molecule has 0 radical (unpaired) electrons. The van der Waals surface area contributed by atoms with E-state index < -0.39 is 5.82 Å². The molecule has 0 saturated heterocycles. The van der Waals surface area contributed by atoms with E-state index in [2.05, 4.69) is 15.9 Å². The molecule has 0 heterocycles. The van der Waals surface area contributed by atoms with E-state index >= 15 is 0 Å². The molecule has 112 valence electrons. The molecule has 0 aromatic heterocycles. The molecule has 21 heavy (non-hydrogen) atoms. The van der Waals surface area contributed by atoms with Crippen LogP contribution in [0.15, 0.2) is 42.5 Å². The third-order valence-electron chi connectivity index (χ3n) is 3.39. The summed E-state index contributed by atoms with van der Waals surface area (Å²) < 4.78 is 32.2. The zero-order valence-corrected chi connectivity index (χ0v) is 13.4. The summed E-state index contributed by atoms with van der Waals surface area (Å²) in [5, 5.41) is 0.722. The van der Waals surface area contributed by atoms with E-state index in [9.17, 15) is 8.78 Å². The minimum atomic E-state index is -0.402. The topological polar surface area (TPSA) is 9.23 Å². The Morgan fingerprint density at radius 1 is 1.10 bits per heavy atom. The van der Waals surface area contributed by atoms with Crippen LogP contribution in [-0.4, -0.2) is 12.4 Å². The van der Waals surface area contributed by atoms with Crippen LogP contribution < -0.4 is 4.74 Å². The molecule has 2 rings (SSSR count). The molecular formula is C17H17BrF2O. The van der Waals surface area contributed by atoms with Crippen LogP contribution in [0.5, 0.6) is 5.75 Å². The third-order valence-corrected chi connectivity index (χ3v) is 4.31. The van der Waals surface area contributed by atoms with Crippen LogP contribution >= 0.6 is 15.9 Å². The van der Waals surface area contributed by atoms with Gasteiger partial charge in [-0.05, 0) is 60.2 Å². The van der Waals surface area contributed by atoms with Gasteiger partial charge in [0.25, 0.3) is 0 Å². The van der Waals surface area contributed by atoms with Crippen LogP contribution in [0.2, 0.25) is 0 Å². The van der Waals surface area contributed by atoms with Crippen molar-refractivity contribution in [2.45, 2.75) is 12.8 Å². The molecule has 0 amide bonds. The number of ether oxygens (including phenoxy) is 1. The molecule has 0 saturated carbocycles. The summed E-state index contributed by atoms with van der Waals surface area (Å²) >= 11 is 3.46. The average molecular weight is 355 g/mol. The molecule has 0 N–H and O–H groups in total. The maximum Gasteiger partial charge on any atom is 0.126 e. The van der Waals surface area contributed by atoms with Gasteiger partial charge in [0, 0.05) is 5.33 Å². The van der Waals surface area contributed by atoms with Crippen LogP contribution in [0.4, 0.5) is 8.78 Å². The summed E-state index contributed by atoms with van der Waals surface area (Å²) in [7, 11) is 1.63. The van der Waals surface area contributed by atoms with Crippen molar-refractivity contribution < 1.29 is 13.5 Å². The summed E-state index contributed by atoms with van der Waals surface area (Å²) in [6.07, 6.45) is 1.27. The van der Waals surface area contributed by atoms with Crippen LogP contribution in [0.25, 0.3) is 0 Å². The third kappa shape index (κ3) is 4.53. The van der Waals surface area contributed by atoms with Crippen molar-refractivity contribution in [1.82, 2.24) is 0 Å². The average Bonchev–Trinajstić information content (AvgIpc) is 2.50. The first-order valence-electron chi connectivity index (χ1n) is 6.75. The van der Waals surface area contributed by atoms with Gasteiger partial charge >= 0.3 is 0 Å². The summed E-state index contributed by atoms with van der Waals surface area (Å²) in [5.41, 5.74) is 1.54. The van der Waals surface area contributed by atoms with Gasteiger partial charge in [-0.1, -0.05) is 28.1 Å². The van der Waals surface area contributed by atoms with E-state index in [4.69, 9.17) is 4.74 Å². The van der Waals surface area contributed by atoms with Crippen LogP contribution in [0.1, 0.15) is 11.1 Å². The molecule has 0 aliphatic heterocycles. The molecular weight excluding hydrogens is 338 g/mol. The number of hydrogen-bond acceptors (Lipinski definition) is 1. The Morgan fingerprint density at radius 3 is 2.62 bits per heavy atom. The van der Waals surface area contributed by atoms with Gasteiger partial charge in [0.05, 0.1) is 7.11 Å². The van der Waals surface area contributed by atoms with E-state index in [1.54, 1.807) is 7.11 Å².